The van der Waals surface area contributed by atoms with Crippen LogP contribution in [0.25, 0.3) is 11.1 Å². The third-order valence-corrected chi connectivity index (χ3v) is 8.03. The zero-order valence-corrected chi connectivity index (χ0v) is 25.5. The van der Waals surface area contributed by atoms with Gasteiger partial charge in [0.1, 0.15) is 5.82 Å². The number of primary amides is 1. The van der Waals surface area contributed by atoms with Crippen LogP contribution in [0.1, 0.15) is 68.9 Å². The first-order chi connectivity index (χ1) is 20.7. The minimum atomic E-state index is -5.10. The van der Waals surface area contributed by atoms with Gasteiger partial charge < -0.3 is 10.6 Å². The molecule has 3 aromatic rings. The third kappa shape index (κ3) is 7.09. The Hall–Kier alpha value is -3.71. The molecule has 1 saturated heterocycles. The van der Waals surface area contributed by atoms with Crippen LogP contribution in [0.2, 0.25) is 0 Å². The van der Waals surface area contributed by atoms with Crippen molar-refractivity contribution in [2.75, 3.05) is 11.9 Å². The van der Waals surface area contributed by atoms with E-state index in [4.69, 9.17) is 7.10 Å². The summed E-state index contributed by atoms with van der Waals surface area (Å²) in [6.07, 6.45) is -8.21. The zero-order valence-electron chi connectivity index (χ0n) is 25.7. The van der Waals surface area contributed by atoms with Gasteiger partial charge in [-0.2, -0.15) is 26.3 Å². The SMILES string of the molecule is Cl.[2H]C[C@@]1(C(N)=O)CC[C@H](c2cc(-c3ccc(F)cc3C)c(N(C)C(=O)C(C)(C)c3cc(C(F)(F)F)cc(C(F)(F)F)c3)cn2)N1. The maximum atomic E-state index is 14.0. The number of nitrogens with zero attached hydrogens (tertiary/aromatic N) is 2. The molecular weight excluding hydrogens is 629 g/mol. The molecule has 1 aromatic heterocycles. The number of aromatic nitrogens is 1. The van der Waals surface area contributed by atoms with Gasteiger partial charge in [-0.25, -0.2) is 4.39 Å². The molecule has 244 valence electrons. The molecule has 0 bridgehead atoms. The Balaban J connectivity index is 0.00000576. The molecule has 2 heterocycles. The highest BCUT2D eigenvalue weighted by Gasteiger charge is 2.42. The Morgan fingerprint density at radius 2 is 1.58 bits per heavy atom. The number of alkyl halides is 6. The average molecular weight is 662 g/mol. The van der Waals surface area contributed by atoms with Crippen molar-refractivity contribution in [3.05, 3.63) is 82.4 Å². The van der Waals surface area contributed by atoms with Gasteiger partial charge in [-0.15, -0.1) is 12.4 Å². The van der Waals surface area contributed by atoms with E-state index < -0.39 is 63.7 Å². The van der Waals surface area contributed by atoms with E-state index >= 15 is 0 Å². The normalized spacial score (nSPS) is 19.1. The minimum Gasteiger partial charge on any atom is -0.368 e. The summed E-state index contributed by atoms with van der Waals surface area (Å²) in [5.41, 5.74) is 0.677. The Kier molecular flexibility index (Phi) is 9.29. The number of hydrogen-bond acceptors (Lipinski definition) is 4. The standard InChI is InChI=1S/C31H31F7N4O2.ClH/c1-16-10-20(32)6-7-21(16)22-14-24(23-8-9-29(4,41-23)26(39)43)40-15-25(22)42(5)27(44)28(2,3)17-11-18(30(33,34)35)13-19(12-17)31(36,37)38;/h6-7,10-15,23,41H,8-9H2,1-5H3,(H2,39,43);1H/t23-,29+;/m1./s1/i4D;. The zero-order chi connectivity index (χ0) is 33.7. The van der Waals surface area contributed by atoms with E-state index in [2.05, 4.69) is 10.3 Å². The van der Waals surface area contributed by atoms with Crippen LogP contribution in [0.15, 0.2) is 48.7 Å². The fourth-order valence-electron chi connectivity index (χ4n) is 5.32. The second kappa shape index (κ2) is 12.2. The van der Waals surface area contributed by atoms with Crippen LogP contribution in [0.3, 0.4) is 0 Å². The molecule has 1 aliphatic rings. The van der Waals surface area contributed by atoms with Crippen molar-refractivity contribution >= 4 is 29.9 Å². The van der Waals surface area contributed by atoms with Crippen molar-refractivity contribution in [3.8, 4) is 11.1 Å². The van der Waals surface area contributed by atoms with Crippen molar-refractivity contribution in [3.63, 3.8) is 0 Å². The summed E-state index contributed by atoms with van der Waals surface area (Å²) in [5.74, 6) is -2.06. The van der Waals surface area contributed by atoms with Crippen LogP contribution >= 0.6 is 12.4 Å². The lowest BCUT2D eigenvalue weighted by atomic mass is 9.81. The van der Waals surface area contributed by atoms with E-state index in [0.29, 0.717) is 40.9 Å². The number of amides is 2. The number of rotatable bonds is 6. The summed E-state index contributed by atoms with van der Waals surface area (Å²) in [6, 6.07) is 6.07. The number of nitrogens with two attached hydrogens (primary N) is 1. The van der Waals surface area contributed by atoms with Gasteiger partial charge in [-0.05, 0) is 93.6 Å². The molecule has 6 nitrogen and oxygen atoms in total. The highest BCUT2D eigenvalue weighted by Crippen LogP contribution is 2.42. The second-order valence-electron chi connectivity index (χ2n) is 11.6. The van der Waals surface area contributed by atoms with Crippen LogP contribution in [0.4, 0.5) is 36.4 Å². The number of hydrogen-bond donors (Lipinski definition) is 2. The predicted octanol–water partition coefficient (Wildman–Crippen LogP) is 7.26. The molecular formula is C31H32ClF7N4O2. The van der Waals surface area contributed by atoms with Gasteiger partial charge in [0, 0.05) is 14.0 Å². The van der Waals surface area contributed by atoms with Crippen molar-refractivity contribution < 1.29 is 41.7 Å². The van der Waals surface area contributed by atoms with Gasteiger partial charge in [-0.1, -0.05) is 6.07 Å². The van der Waals surface area contributed by atoms with E-state index in [-0.39, 0.29) is 37.5 Å². The van der Waals surface area contributed by atoms with Crippen molar-refractivity contribution in [1.29, 1.82) is 0 Å². The third-order valence-electron chi connectivity index (χ3n) is 8.03. The molecule has 0 radical (unpaired) electrons. The van der Waals surface area contributed by atoms with Gasteiger partial charge in [0.2, 0.25) is 11.8 Å². The van der Waals surface area contributed by atoms with E-state index in [1.54, 1.807) is 13.0 Å². The van der Waals surface area contributed by atoms with Crippen molar-refractivity contribution in [1.82, 2.24) is 10.3 Å². The van der Waals surface area contributed by atoms with Crippen molar-refractivity contribution in [2.24, 2.45) is 5.73 Å². The smallest absolute Gasteiger partial charge is 0.368 e. The molecule has 0 saturated carbocycles. The number of likely N-dealkylation sites (N-methyl/N-ethyl adjacent to an activating group) is 1. The molecule has 1 fully saturated rings. The van der Waals surface area contributed by atoms with Crippen LogP contribution in [0, 0.1) is 12.7 Å². The molecule has 0 unspecified atom stereocenters. The molecule has 1 aliphatic heterocycles. The number of halogens is 8. The monoisotopic (exact) mass is 661 g/mol. The molecule has 2 amide bonds. The summed E-state index contributed by atoms with van der Waals surface area (Å²) in [7, 11) is 1.31. The summed E-state index contributed by atoms with van der Waals surface area (Å²) in [5, 5.41) is 3.08. The maximum Gasteiger partial charge on any atom is 0.416 e. The number of aryl methyl sites for hydroxylation is 1. The Morgan fingerprint density at radius 1 is 1.00 bits per heavy atom. The van der Waals surface area contributed by atoms with Gasteiger partial charge >= 0.3 is 12.4 Å². The van der Waals surface area contributed by atoms with Crippen LogP contribution in [-0.4, -0.2) is 29.4 Å². The molecule has 0 aliphatic carbocycles. The molecule has 0 spiro atoms. The maximum absolute atomic E-state index is 14.0. The Bertz CT molecular complexity index is 1620. The predicted molar refractivity (Wildman–Crippen MR) is 157 cm³/mol. The van der Waals surface area contributed by atoms with Crippen LogP contribution in [-0.2, 0) is 27.4 Å². The lowest BCUT2D eigenvalue weighted by Crippen LogP contribution is -2.49. The topological polar surface area (TPSA) is 88.3 Å². The van der Waals surface area contributed by atoms with Gasteiger partial charge in [0.15, 0.2) is 0 Å². The number of pyridine rings is 1. The summed E-state index contributed by atoms with van der Waals surface area (Å²) >= 11 is 0. The summed E-state index contributed by atoms with van der Waals surface area (Å²) < 4.78 is 103. The largest absolute Gasteiger partial charge is 0.416 e. The average Bonchev–Trinajstić information content (AvgIpc) is 3.41. The minimum absolute atomic E-state index is 0. The van der Waals surface area contributed by atoms with E-state index in [0.717, 1.165) is 4.90 Å². The van der Waals surface area contributed by atoms with E-state index in [9.17, 15) is 40.3 Å². The molecule has 2 atom stereocenters. The Labute approximate surface area is 263 Å². The van der Waals surface area contributed by atoms with E-state index in [1.165, 1.54) is 45.3 Å². The van der Waals surface area contributed by atoms with Gasteiger partial charge in [-0.3, -0.25) is 19.9 Å². The first-order valence-corrected chi connectivity index (χ1v) is 13.4. The molecule has 4 rings (SSSR count). The van der Waals surface area contributed by atoms with E-state index in [1.807, 2.05) is 0 Å². The number of nitrogens with one attached hydrogen (secondary N) is 1. The summed E-state index contributed by atoms with van der Waals surface area (Å²) in [4.78, 5) is 31.6. The Morgan fingerprint density at radius 3 is 2.07 bits per heavy atom. The number of carbonyl (C=O) groups is 2. The first kappa shape index (κ1) is 34.2. The highest BCUT2D eigenvalue weighted by atomic mass is 35.5. The van der Waals surface area contributed by atoms with Crippen LogP contribution in [0.5, 0.6) is 0 Å². The second-order valence-corrected chi connectivity index (χ2v) is 11.6. The van der Waals surface area contributed by atoms with Crippen LogP contribution < -0.4 is 16.0 Å². The lowest BCUT2D eigenvalue weighted by molar-refractivity contribution is -0.143. The molecule has 45 heavy (non-hydrogen) atoms. The van der Waals surface area contributed by atoms with Gasteiger partial charge in [0.05, 0.1) is 45.7 Å². The lowest BCUT2D eigenvalue weighted by Gasteiger charge is -2.32. The quantitative estimate of drug-likeness (QED) is 0.272. The summed E-state index contributed by atoms with van der Waals surface area (Å²) in [6.45, 7) is 3.76. The molecule has 14 heteroatoms. The van der Waals surface area contributed by atoms with Gasteiger partial charge in [0.25, 0.3) is 0 Å². The fourth-order valence-corrected chi connectivity index (χ4v) is 5.32. The number of anilines is 1. The first-order valence-electron chi connectivity index (χ1n) is 14.1. The fraction of sp³-hybridized carbons (Fsp3) is 0.387. The van der Waals surface area contributed by atoms with Crippen molar-refractivity contribution in [2.45, 2.75) is 69.9 Å². The highest BCUT2D eigenvalue weighted by molar-refractivity contribution is 6.03. The number of benzene rings is 2. The molecule has 3 N–H and O–H groups in total. The number of carbonyl (C=O) groups excluding carboxylic acids is 2. The molecule has 2 aromatic carbocycles.